The van der Waals surface area contributed by atoms with Gasteiger partial charge in [-0.15, -0.1) is 0 Å². The van der Waals surface area contributed by atoms with E-state index in [-0.39, 0.29) is 17.4 Å². The van der Waals surface area contributed by atoms with Crippen molar-refractivity contribution in [2.24, 2.45) is 16.6 Å². The van der Waals surface area contributed by atoms with Crippen LogP contribution in [-0.2, 0) is 5.54 Å². The SMILES string of the molecule is CC1(C)C(N)=N[C@]2(C)c3cc(NC(=O)c4ccc(C#CC5CC5)cn4)ccc3OCC[C@H]2S1(O)O. The number of carbonyl (C=O) groups is 1. The zero-order valence-electron chi connectivity index (χ0n) is 20.0. The van der Waals surface area contributed by atoms with Gasteiger partial charge in [-0.25, -0.2) is 4.98 Å². The highest BCUT2D eigenvalue weighted by atomic mass is 32.3. The summed E-state index contributed by atoms with van der Waals surface area (Å²) in [6, 6.07) is 8.72. The number of rotatable bonds is 2. The zero-order valence-corrected chi connectivity index (χ0v) is 20.9. The van der Waals surface area contributed by atoms with Crippen molar-refractivity contribution in [3.05, 3.63) is 53.3 Å². The number of amides is 1. The van der Waals surface area contributed by atoms with Gasteiger partial charge in [-0.1, -0.05) is 11.8 Å². The number of benzene rings is 1. The molecule has 184 valence electrons. The molecule has 0 radical (unpaired) electrons. The van der Waals surface area contributed by atoms with Gasteiger partial charge in [0, 0.05) is 35.3 Å². The van der Waals surface area contributed by atoms with Gasteiger partial charge in [0.1, 0.15) is 27.6 Å². The summed E-state index contributed by atoms with van der Waals surface area (Å²) in [5, 5.41) is 2.29. The fourth-order valence-electron chi connectivity index (χ4n) is 4.58. The van der Waals surface area contributed by atoms with E-state index < -0.39 is 26.1 Å². The Kier molecular flexibility index (Phi) is 5.59. The summed E-state index contributed by atoms with van der Waals surface area (Å²) in [6.07, 6.45) is 4.32. The summed E-state index contributed by atoms with van der Waals surface area (Å²) < 4.78 is 27.5. The summed E-state index contributed by atoms with van der Waals surface area (Å²) >= 11 is 0. The lowest BCUT2D eigenvalue weighted by molar-refractivity contribution is 0.102. The van der Waals surface area contributed by atoms with E-state index in [0.29, 0.717) is 35.9 Å². The van der Waals surface area contributed by atoms with Gasteiger partial charge in [0.15, 0.2) is 0 Å². The van der Waals surface area contributed by atoms with Crippen LogP contribution in [0.4, 0.5) is 5.69 Å². The van der Waals surface area contributed by atoms with Crippen molar-refractivity contribution in [1.29, 1.82) is 0 Å². The normalized spacial score (nSPS) is 26.9. The Morgan fingerprint density at radius 3 is 2.66 bits per heavy atom. The number of nitrogens with two attached hydrogens (primary N) is 1. The fourth-order valence-corrected chi connectivity index (χ4v) is 6.89. The minimum absolute atomic E-state index is 0.188. The first-order chi connectivity index (χ1) is 16.5. The van der Waals surface area contributed by atoms with E-state index in [0.717, 1.165) is 18.4 Å². The molecule has 3 aliphatic rings. The number of carbonyl (C=O) groups excluding carboxylic acids is 1. The molecular formula is C26H30N4O4S. The maximum Gasteiger partial charge on any atom is 0.274 e. The first-order valence-electron chi connectivity index (χ1n) is 11.7. The minimum Gasteiger partial charge on any atom is -0.493 e. The number of pyridine rings is 1. The molecule has 0 saturated heterocycles. The number of anilines is 1. The molecule has 2 atom stereocenters. The molecule has 35 heavy (non-hydrogen) atoms. The van der Waals surface area contributed by atoms with Crippen molar-refractivity contribution in [3.63, 3.8) is 0 Å². The average molecular weight is 495 g/mol. The lowest BCUT2D eigenvalue weighted by atomic mass is 9.86. The van der Waals surface area contributed by atoms with Crippen molar-refractivity contribution < 1.29 is 18.6 Å². The zero-order chi connectivity index (χ0) is 25.0. The molecule has 2 aliphatic heterocycles. The smallest absolute Gasteiger partial charge is 0.274 e. The molecule has 0 spiro atoms. The Bertz CT molecular complexity index is 1270. The molecule has 3 heterocycles. The van der Waals surface area contributed by atoms with Crippen LogP contribution in [0.5, 0.6) is 5.75 Å². The minimum atomic E-state index is -3.17. The van der Waals surface area contributed by atoms with Gasteiger partial charge in [0.25, 0.3) is 5.91 Å². The number of amidine groups is 1. The molecule has 1 aromatic heterocycles. The topological polar surface area (TPSA) is 130 Å². The van der Waals surface area contributed by atoms with Crippen LogP contribution in [0.25, 0.3) is 0 Å². The van der Waals surface area contributed by atoms with Crippen molar-refractivity contribution in [2.45, 2.75) is 55.6 Å². The molecule has 5 N–H and O–H groups in total. The number of fused-ring (bicyclic) bond motifs is 3. The third-order valence-corrected chi connectivity index (χ3v) is 10.4. The number of aliphatic imine (C=N–C) groups is 1. The molecule has 1 amide bonds. The fraction of sp³-hybridized carbons (Fsp3) is 0.423. The molecule has 8 nitrogen and oxygen atoms in total. The summed E-state index contributed by atoms with van der Waals surface area (Å²) in [5.41, 5.74) is 7.46. The van der Waals surface area contributed by atoms with Crippen molar-refractivity contribution in [1.82, 2.24) is 4.98 Å². The van der Waals surface area contributed by atoms with Crippen LogP contribution in [0, 0.1) is 17.8 Å². The van der Waals surface area contributed by atoms with Gasteiger partial charge >= 0.3 is 0 Å². The van der Waals surface area contributed by atoms with Crippen LogP contribution in [-0.4, -0.2) is 42.4 Å². The number of aromatic nitrogens is 1. The highest BCUT2D eigenvalue weighted by Crippen LogP contribution is 2.66. The van der Waals surface area contributed by atoms with Crippen molar-refractivity contribution in [2.75, 3.05) is 11.9 Å². The molecule has 5 rings (SSSR count). The Morgan fingerprint density at radius 1 is 1.20 bits per heavy atom. The second-order valence-corrected chi connectivity index (χ2v) is 12.8. The summed E-state index contributed by atoms with van der Waals surface area (Å²) in [6.45, 7) is 5.58. The Hall–Kier alpha value is -3.06. The van der Waals surface area contributed by atoms with E-state index in [2.05, 4.69) is 22.1 Å². The quantitative estimate of drug-likeness (QED) is 0.459. The van der Waals surface area contributed by atoms with Crippen LogP contribution in [0.3, 0.4) is 0 Å². The van der Waals surface area contributed by atoms with Crippen LogP contribution >= 0.6 is 10.6 Å². The van der Waals surface area contributed by atoms with E-state index in [1.807, 2.05) is 6.92 Å². The maximum absolute atomic E-state index is 12.9. The molecule has 1 saturated carbocycles. The number of hydrogen-bond donors (Lipinski definition) is 4. The Morgan fingerprint density at radius 2 is 1.97 bits per heavy atom. The van der Waals surface area contributed by atoms with Crippen molar-refractivity contribution in [3.8, 4) is 17.6 Å². The molecule has 1 aromatic carbocycles. The molecule has 1 fully saturated rings. The molecule has 2 aromatic rings. The van der Waals surface area contributed by atoms with Crippen molar-refractivity contribution >= 4 is 28.0 Å². The van der Waals surface area contributed by atoms with E-state index in [9.17, 15) is 13.9 Å². The Labute approximate surface area is 206 Å². The van der Waals surface area contributed by atoms with E-state index in [1.165, 1.54) is 0 Å². The first-order valence-corrected chi connectivity index (χ1v) is 13.3. The van der Waals surface area contributed by atoms with E-state index >= 15 is 0 Å². The molecule has 1 aliphatic carbocycles. The molecular weight excluding hydrogens is 464 g/mol. The first kappa shape index (κ1) is 23.7. The number of nitrogens with zero attached hydrogens (tertiary/aromatic N) is 2. The highest BCUT2D eigenvalue weighted by Gasteiger charge is 2.57. The van der Waals surface area contributed by atoms with Gasteiger partial charge in [-0.3, -0.25) is 18.9 Å². The standard InChI is InChI=1S/C26H30N4O4S/c1-25(2)24(27)30-26(3)19-14-18(9-11-21(19)34-13-12-22(26)35(25,32)33)29-23(31)20-10-8-17(15-28-20)7-6-16-4-5-16/h8-11,14-16,22,32-33H,4-5,12-13H2,1-3H3,(H2,27,30)(H,29,31)/t22-,26-/m1/s1. The van der Waals surface area contributed by atoms with Gasteiger partial charge in [-0.2, -0.15) is 10.6 Å². The maximum atomic E-state index is 12.9. The number of ether oxygens (including phenoxy) is 1. The van der Waals surface area contributed by atoms with Gasteiger partial charge < -0.3 is 15.8 Å². The van der Waals surface area contributed by atoms with Crippen LogP contribution in [0.2, 0.25) is 0 Å². The Balaban J connectivity index is 1.44. The lowest BCUT2D eigenvalue weighted by Gasteiger charge is -2.58. The molecule has 0 bridgehead atoms. The number of hydrogen-bond acceptors (Lipinski definition) is 7. The molecule has 9 heteroatoms. The molecule has 0 unspecified atom stereocenters. The summed E-state index contributed by atoms with van der Waals surface area (Å²) in [4.78, 5) is 21.9. The van der Waals surface area contributed by atoms with E-state index in [1.54, 1.807) is 50.4 Å². The summed E-state index contributed by atoms with van der Waals surface area (Å²) in [5.74, 6) is 7.17. The number of nitrogens with one attached hydrogen (secondary N) is 1. The van der Waals surface area contributed by atoms with Crippen LogP contribution in [0.15, 0.2) is 41.5 Å². The predicted molar refractivity (Wildman–Crippen MR) is 138 cm³/mol. The van der Waals surface area contributed by atoms with Gasteiger partial charge in [0.2, 0.25) is 0 Å². The highest BCUT2D eigenvalue weighted by molar-refractivity contribution is 8.26. The lowest BCUT2D eigenvalue weighted by Crippen LogP contribution is -2.56. The predicted octanol–water partition coefficient (Wildman–Crippen LogP) is 4.36. The largest absolute Gasteiger partial charge is 0.493 e. The second-order valence-electron chi connectivity index (χ2n) is 10.0. The van der Waals surface area contributed by atoms with E-state index in [4.69, 9.17) is 15.5 Å². The van der Waals surface area contributed by atoms with Crippen LogP contribution < -0.4 is 15.8 Å². The van der Waals surface area contributed by atoms with Gasteiger partial charge in [-0.05, 0) is 63.9 Å². The average Bonchev–Trinajstić information content (AvgIpc) is 3.65. The van der Waals surface area contributed by atoms with Gasteiger partial charge in [0.05, 0.1) is 11.9 Å². The summed E-state index contributed by atoms with van der Waals surface area (Å²) in [7, 11) is -3.17. The second kappa shape index (κ2) is 8.26. The monoisotopic (exact) mass is 494 g/mol. The van der Waals surface area contributed by atoms with Crippen LogP contribution in [0.1, 0.15) is 61.6 Å². The third kappa shape index (κ3) is 4.05. The third-order valence-electron chi connectivity index (χ3n) is 7.16.